The van der Waals surface area contributed by atoms with Crippen LogP contribution in [0.25, 0.3) is 10.2 Å². The van der Waals surface area contributed by atoms with E-state index in [4.69, 9.17) is 18.9 Å². The average molecular weight is 437 g/mol. The second-order valence-corrected chi connectivity index (χ2v) is 8.28. The Balaban J connectivity index is 1.74. The topological polar surface area (TPSA) is 64.8 Å². The summed E-state index contributed by atoms with van der Waals surface area (Å²) < 4.78 is 17.3. The van der Waals surface area contributed by atoms with E-state index < -0.39 is 0 Å². The molecule has 6 nitrogen and oxygen atoms in total. The van der Waals surface area contributed by atoms with Crippen LogP contribution in [0.1, 0.15) is 22.5 Å². The Morgan fingerprint density at radius 3 is 2.52 bits per heavy atom. The Morgan fingerprint density at radius 1 is 1.06 bits per heavy atom. The number of benzene rings is 2. The van der Waals surface area contributed by atoms with Crippen molar-refractivity contribution >= 4 is 32.6 Å². The largest absolute Gasteiger partial charge is 0.495 e. The van der Waals surface area contributed by atoms with Gasteiger partial charge in [0.15, 0.2) is 5.13 Å². The minimum atomic E-state index is -0.0587. The summed E-state index contributed by atoms with van der Waals surface area (Å²) in [5.74, 6) is 1.96. The van der Waals surface area contributed by atoms with Crippen molar-refractivity contribution in [3.63, 3.8) is 0 Å². The highest BCUT2D eigenvalue weighted by atomic mass is 32.1. The Labute approximate surface area is 185 Å². The molecule has 4 aromatic rings. The predicted octanol–water partition coefficient (Wildman–Crippen LogP) is 5.30. The summed E-state index contributed by atoms with van der Waals surface area (Å²) in [6, 6.07) is 13.4. The molecule has 0 spiro atoms. The fraction of sp³-hybridized carbons (Fsp3) is 0.250. The molecule has 0 aliphatic carbocycles. The molecule has 4 rings (SSSR count). The molecule has 0 radical (unpaired) electrons. The standard InChI is InChI=1S/C24H24N2O4S/c1-15-7-8-17(12-16(15)2)13-21(27)26(14-18-6-5-11-30-18)24-25-22-19(28-3)9-10-20(29-4)23(22)31-24/h5-12H,13-14H2,1-4H3. The van der Waals surface area contributed by atoms with Crippen LogP contribution in [0.2, 0.25) is 0 Å². The molecule has 2 aromatic carbocycles. The van der Waals surface area contributed by atoms with Gasteiger partial charge in [0.1, 0.15) is 27.5 Å². The third kappa shape index (κ3) is 4.27. The number of anilines is 1. The van der Waals surface area contributed by atoms with Crippen LogP contribution in [0.3, 0.4) is 0 Å². The number of carbonyl (C=O) groups excluding carboxylic acids is 1. The van der Waals surface area contributed by atoms with Gasteiger partial charge in [-0.15, -0.1) is 0 Å². The molecule has 31 heavy (non-hydrogen) atoms. The number of hydrogen-bond donors (Lipinski definition) is 0. The Kier molecular flexibility index (Phi) is 5.95. The number of aromatic nitrogens is 1. The van der Waals surface area contributed by atoms with Crippen molar-refractivity contribution in [1.29, 1.82) is 0 Å². The van der Waals surface area contributed by atoms with Crippen molar-refractivity contribution in [3.05, 3.63) is 71.2 Å². The molecule has 0 unspecified atom stereocenters. The third-order valence-corrected chi connectivity index (χ3v) is 6.34. The summed E-state index contributed by atoms with van der Waals surface area (Å²) in [6.07, 6.45) is 1.87. The molecule has 2 heterocycles. The lowest BCUT2D eigenvalue weighted by Crippen LogP contribution is -2.31. The number of aryl methyl sites for hydroxylation is 2. The quantitative estimate of drug-likeness (QED) is 0.393. The molecule has 1 amide bonds. The van der Waals surface area contributed by atoms with Crippen LogP contribution in [-0.4, -0.2) is 25.1 Å². The molecule has 7 heteroatoms. The van der Waals surface area contributed by atoms with Crippen molar-refractivity contribution in [3.8, 4) is 11.5 Å². The SMILES string of the molecule is COc1ccc(OC)c2sc(N(Cc3ccco3)C(=O)Cc3ccc(C)c(C)c3)nc12. The second-order valence-electron chi connectivity index (χ2n) is 7.30. The van der Waals surface area contributed by atoms with Crippen LogP contribution in [0.5, 0.6) is 11.5 Å². The highest BCUT2D eigenvalue weighted by Gasteiger charge is 2.24. The molecule has 0 bridgehead atoms. The van der Waals surface area contributed by atoms with Gasteiger partial charge in [-0.3, -0.25) is 9.69 Å². The molecule has 0 aliphatic heterocycles. The minimum Gasteiger partial charge on any atom is -0.495 e. The average Bonchev–Trinajstić information content (AvgIpc) is 3.43. The van der Waals surface area contributed by atoms with E-state index in [0.29, 0.717) is 34.5 Å². The number of amides is 1. The first kappa shape index (κ1) is 20.9. The van der Waals surface area contributed by atoms with E-state index in [1.807, 2.05) is 36.4 Å². The number of thiazole rings is 1. The number of fused-ring (bicyclic) bond motifs is 1. The molecule has 160 valence electrons. The number of carbonyl (C=O) groups is 1. The summed E-state index contributed by atoms with van der Waals surface area (Å²) in [5, 5.41) is 0.572. The Morgan fingerprint density at radius 2 is 1.84 bits per heavy atom. The van der Waals surface area contributed by atoms with E-state index in [1.54, 1.807) is 25.4 Å². The van der Waals surface area contributed by atoms with E-state index in [1.165, 1.54) is 16.9 Å². The first-order chi connectivity index (χ1) is 15.0. The van der Waals surface area contributed by atoms with Gasteiger partial charge < -0.3 is 13.9 Å². The highest BCUT2D eigenvalue weighted by Crippen LogP contribution is 2.40. The van der Waals surface area contributed by atoms with Crippen molar-refractivity contribution in [2.75, 3.05) is 19.1 Å². The summed E-state index contributed by atoms with van der Waals surface area (Å²) in [6.45, 7) is 4.41. The number of rotatable bonds is 7. The summed E-state index contributed by atoms with van der Waals surface area (Å²) in [7, 11) is 3.22. The fourth-order valence-electron chi connectivity index (χ4n) is 3.39. The zero-order chi connectivity index (χ0) is 22.0. The molecule has 0 atom stereocenters. The van der Waals surface area contributed by atoms with Crippen molar-refractivity contribution in [2.24, 2.45) is 0 Å². The van der Waals surface area contributed by atoms with E-state index >= 15 is 0 Å². The molecular weight excluding hydrogens is 412 g/mol. The van der Waals surface area contributed by atoms with Crippen LogP contribution in [0.4, 0.5) is 5.13 Å². The Bertz CT molecular complexity index is 1170. The van der Waals surface area contributed by atoms with Gasteiger partial charge in [0.2, 0.25) is 5.91 Å². The smallest absolute Gasteiger partial charge is 0.233 e. The lowest BCUT2D eigenvalue weighted by Gasteiger charge is -2.19. The molecule has 2 aromatic heterocycles. The third-order valence-electron chi connectivity index (χ3n) is 5.25. The van der Waals surface area contributed by atoms with Crippen LogP contribution < -0.4 is 14.4 Å². The van der Waals surface area contributed by atoms with Gasteiger partial charge in [0, 0.05) is 0 Å². The van der Waals surface area contributed by atoms with Crippen LogP contribution in [-0.2, 0) is 17.8 Å². The molecule has 0 fully saturated rings. The van der Waals surface area contributed by atoms with Crippen LogP contribution >= 0.6 is 11.3 Å². The summed E-state index contributed by atoms with van der Waals surface area (Å²) >= 11 is 1.40. The van der Waals surface area contributed by atoms with Gasteiger partial charge in [-0.05, 0) is 54.8 Å². The number of hydrogen-bond acceptors (Lipinski definition) is 6. The normalized spacial score (nSPS) is 11.0. The maximum absolute atomic E-state index is 13.4. The number of ether oxygens (including phenoxy) is 2. The van der Waals surface area contributed by atoms with Gasteiger partial charge in [0.25, 0.3) is 0 Å². The summed E-state index contributed by atoms with van der Waals surface area (Å²) in [5.41, 5.74) is 4.01. The monoisotopic (exact) mass is 436 g/mol. The predicted molar refractivity (Wildman–Crippen MR) is 122 cm³/mol. The van der Waals surface area contributed by atoms with E-state index in [2.05, 4.69) is 19.9 Å². The highest BCUT2D eigenvalue weighted by molar-refractivity contribution is 7.22. The molecule has 0 N–H and O–H groups in total. The first-order valence-corrected chi connectivity index (χ1v) is 10.7. The van der Waals surface area contributed by atoms with Gasteiger partial charge in [-0.25, -0.2) is 4.98 Å². The van der Waals surface area contributed by atoms with Crippen LogP contribution in [0.15, 0.2) is 53.1 Å². The van der Waals surface area contributed by atoms with Crippen LogP contribution in [0, 0.1) is 13.8 Å². The van der Waals surface area contributed by atoms with E-state index in [0.717, 1.165) is 15.8 Å². The van der Waals surface area contributed by atoms with Gasteiger partial charge in [0.05, 0.1) is 33.4 Å². The molecule has 0 aliphatic rings. The zero-order valence-electron chi connectivity index (χ0n) is 18.0. The number of methoxy groups -OCH3 is 2. The molecule has 0 saturated carbocycles. The number of nitrogens with zero attached hydrogens (tertiary/aromatic N) is 2. The van der Waals surface area contributed by atoms with Crippen molar-refractivity contribution in [1.82, 2.24) is 4.98 Å². The van der Waals surface area contributed by atoms with Crippen molar-refractivity contribution < 1.29 is 18.7 Å². The van der Waals surface area contributed by atoms with Gasteiger partial charge >= 0.3 is 0 Å². The molecule has 0 saturated heterocycles. The minimum absolute atomic E-state index is 0.0587. The Hall–Kier alpha value is -3.32. The maximum Gasteiger partial charge on any atom is 0.233 e. The van der Waals surface area contributed by atoms with E-state index in [-0.39, 0.29) is 12.3 Å². The molecular formula is C24H24N2O4S. The first-order valence-electron chi connectivity index (χ1n) is 9.90. The zero-order valence-corrected chi connectivity index (χ0v) is 18.8. The lowest BCUT2D eigenvalue weighted by molar-refractivity contribution is -0.118. The van der Waals surface area contributed by atoms with Gasteiger partial charge in [-0.1, -0.05) is 29.5 Å². The summed E-state index contributed by atoms with van der Waals surface area (Å²) in [4.78, 5) is 19.8. The number of furan rings is 1. The van der Waals surface area contributed by atoms with E-state index in [9.17, 15) is 4.79 Å². The second kappa shape index (κ2) is 8.81. The van der Waals surface area contributed by atoms with Gasteiger partial charge in [-0.2, -0.15) is 0 Å². The fourth-order valence-corrected chi connectivity index (χ4v) is 4.49. The maximum atomic E-state index is 13.4. The lowest BCUT2D eigenvalue weighted by atomic mass is 10.0. The van der Waals surface area contributed by atoms with Crippen molar-refractivity contribution in [2.45, 2.75) is 26.8 Å².